The van der Waals surface area contributed by atoms with Crippen molar-refractivity contribution in [1.82, 2.24) is 20.4 Å². The minimum Gasteiger partial charge on any atom is -0.378 e. The van der Waals surface area contributed by atoms with Crippen molar-refractivity contribution in [2.24, 2.45) is 0 Å². The highest BCUT2D eigenvalue weighted by Gasteiger charge is 2.37. The third-order valence-electron chi connectivity index (χ3n) is 7.64. The maximum absolute atomic E-state index is 14.0. The van der Waals surface area contributed by atoms with Crippen LogP contribution in [-0.4, -0.2) is 68.7 Å². The average molecular weight is 556 g/mol. The lowest BCUT2D eigenvalue weighted by atomic mass is 9.74. The Balaban J connectivity index is 1.39. The van der Waals surface area contributed by atoms with Gasteiger partial charge < -0.3 is 20.3 Å². The average Bonchev–Trinajstić information content (AvgIpc) is 2.95. The Labute approximate surface area is 231 Å². The number of amides is 3. The van der Waals surface area contributed by atoms with Crippen LogP contribution < -0.4 is 10.6 Å². The van der Waals surface area contributed by atoms with Gasteiger partial charge in [-0.2, -0.15) is 5.26 Å². The largest absolute Gasteiger partial charge is 0.378 e. The van der Waals surface area contributed by atoms with Crippen LogP contribution in [0.3, 0.4) is 0 Å². The lowest BCUT2D eigenvalue weighted by Crippen LogP contribution is -2.49. The minimum absolute atomic E-state index is 0.0324. The molecule has 1 atom stereocenters. The van der Waals surface area contributed by atoms with Gasteiger partial charge >= 0.3 is 6.03 Å². The molecule has 2 heterocycles. The fraction of sp³-hybridized carbons (Fsp3) is 0.414. The van der Waals surface area contributed by atoms with E-state index >= 15 is 0 Å². The van der Waals surface area contributed by atoms with E-state index in [2.05, 4.69) is 21.6 Å². The fourth-order valence-electron chi connectivity index (χ4n) is 5.27. The lowest BCUT2D eigenvalue weighted by molar-refractivity contribution is -0.118. The summed E-state index contributed by atoms with van der Waals surface area (Å²) in [5.41, 5.74) is 0.918. The fourth-order valence-corrected chi connectivity index (χ4v) is 5.27. The zero-order valence-electron chi connectivity index (χ0n) is 22.5. The molecule has 0 saturated carbocycles. The van der Waals surface area contributed by atoms with Crippen molar-refractivity contribution in [1.29, 1.82) is 5.26 Å². The molecule has 0 aliphatic carbocycles. The van der Waals surface area contributed by atoms with Crippen molar-refractivity contribution in [3.63, 3.8) is 0 Å². The smallest absolute Gasteiger partial charge is 0.322 e. The number of hydrogen-bond acceptors (Lipinski definition) is 5. The van der Waals surface area contributed by atoms with Crippen molar-refractivity contribution < 1.29 is 27.5 Å². The molecular formula is C29H32F3N5O3. The van der Waals surface area contributed by atoms with Gasteiger partial charge in [-0.25, -0.2) is 18.0 Å². The number of carbonyl (C=O) groups excluding carboxylic acids is 2. The Bertz CT molecular complexity index is 1320. The lowest BCUT2D eigenvalue weighted by Gasteiger charge is -2.37. The van der Waals surface area contributed by atoms with E-state index in [4.69, 9.17) is 4.74 Å². The third-order valence-corrected chi connectivity index (χ3v) is 7.64. The van der Waals surface area contributed by atoms with Crippen molar-refractivity contribution in [2.75, 3.05) is 46.9 Å². The van der Waals surface area contributed by atoms with Crippen LogP contribution in [0.15, 0.2) is 53.7 Å². The monoisotopic (exact) mass is 555 g/mol. The molecule has 40 heavy (non-hydrogen) atoms. The number of methoxy groups -OCH3 is 1. The van der Waals surface area contributed by atoms with Crippen LogP contribution in [0.4, 0.5) is 18.0 Å². The molecule has 0 spiro atoms. The van der Waals surface area contributed by atoms with E-state index in [0.717, 1.165) is 17.7 Å². The van der Waals surface area contributed by atoms with Crippen LogP contribution in [0.25, 0.3) is 0 Å². The van der Waals surface area contributed by atoms with Gasteiger partial charge in [-0.15, -0.1) is 0 Å². The Morgan fingerprint density at radius 1 is 1.15 bits per heavy atom. The second kappa shape index (κ2) is 12.5. The summed E-state index contributed by atoms with van der Waals surface area (Å²) < 4.78 is 46.2. The normalized spacial score (nSPS) is 19.2. The first kappa shape index (κ1) is 29.1. The molecule has 0 bridgehead atoms. The van der Waals surface area contributed by atoms with Crippen LogP contribution in [0.1, 0.15) is 36.4 Å². The summed E-state index contributed by atoms with van der Waals surface area (Å²) in [6.45, 7) is 2.38. The standard InChI is InChI=1S/C29H32F3N5O3/c1-36-24(17-40-2)25(26(35-28(36)39)19-4-9-22(31)23(32)16-19)27(38)34-12-3-13-37-14-10-29(18-33,11-15-37)20-5-7-21(30)8-6-20/h4-9,16,26H,3,10-15,17H2,1-2H3,(H,34,38)(H,35,39). The molecule has 0 aromatic heterocycles. The summed E-state index contributed by atoms with van der Waals surface area (Å²) >= 11 is 0. The van der Waals surface area contributed by atoms with E-state index in [1.165, 1.54) is 37.3 Å². The van der Waals surface area contributed by atoms with Gasteiger partial charge in [0, 0.05) is 20.7 Å². The summed E-state index contributed by atoms with van der Waals surface area (Å²) in [4.78, 5) is 29.4. The first-order valence-electron chi connectivity index (χ1n) is 13.1. The predicted octanol–water partition coefficient (Wildman–Crippen LogP) is 3.76. The van der Waals surface area contributed by atoms with Gasteiger partial charge in [-0.3, -0.25) is 9.69 Å². The first-order chi connectivity index (χ1) is 19.2. The third kappa shape index (κ3) is 6.13. The Morgan fingerprint density at radius 2 is 1.85 bits per heavy atom. The van der Waals surface area contributed by atoms with Gasteiger partial charge in [-0.1, -0.05) is 18.2 Å². The van der Waals surface area contributed by atoms with Crippen LogP contribution >= 0.6 is 0 Å². The van der Waals surface area contributed by atoms with Gasteiger partial charge in [-0.05, 0) is 74.3 Å². The van der Waals surface area contributed by atoms with Crippen LogP contribution in [0.5, 0.6) is 0 Å². The summed E-state index contributed by atoms with van der Waals surface area (Å²) in [6.07, 6.45) is 1.88. The van der Waals surface area contributed by atoms with E-state index < -0.39 is 35.0 Å². The highest BCUT2D eigenvalue weighted by Crippen LogP contribution is 2.35. The Hall–Kier alpha value is -3.88. The van der Waals surface area contributed by atoms with E-state index in [1.54, 1.807) is 12.1 Å². The van der Waals surface area contributed by atoms with E-state index in [-0.39, 0.29) is 23.6 Å². The number of likely N-dealkylation sites (N-methyl/N-ethyl adjacent to an activating group) is 1. The molecule has 0 radical (unpaired) electrons. The van der Waals surface area contributed by atoms with Crippen LogP contribution in [-0.2, 0) is 14.9 Å². The number of rotatable bonds is 9. The number of likely N-dealkylation sites (tertiary alicyclic amines) is 1. The van der Waals surface area contributed by atoms with Crippen LogP contribution in [0.2, 0.25) is 0 Å². The number of halogens is 3. The zero-order valence-corrected chi connectivity index (χ0v) is 22.5. The van der Waals surface area contributed by atoms with E-state index in [1.807, 2.05) is 0 Å². The molecule has 8 nitrogen and oxygen atoms in total. The number of ether oxygens (including phenoxy) is 1. The quantitative estimate of drug-likeness (QED) is 0.460. The first-order valence-corrected chi connectivity index (χ1v) is 13.1. The number of carbonyl (C=O) groups is 2. The molecule has 212 valence electrons. The predicted molar refractivity (Wildman–Crippen MR) is 141 cm³/mol. The Morgan fingerprint density at radius 3 is 2.48 bits per heavy atom. The van der Waals surface area contributed by atoms with Crippen molar-refractivity contribution in [3.05, 3.63) is 82.3 Å². The van der Waals surface area contributed by atoms with E-state index in [0.29, 0.717) is 51.1 Å². The maximum Gasteiger partial charge on any atom is 0.322 e. The highest BCUT2D eigenvalue weighted by molar-refractivity contribution is 5.98. The number of nitrogens with zero attached hydrogens (tertiary/aromatic N) is 3. The van der Waals surface area contributed by atoms with Gasteiger partial charge in [0.1, 0.15) is 5.82 Å². The van der Waals surface area contributed by atoms with Gasteiger partial charge in [0.15, 0.2) is 11.6 Å². The molecule has 1 unspecified atom stereocenters. The van der Waals surface area contributed by atoms with Crippen molar-refractivity contribution in [2.45, 2.75) is 30.7 Å². The molecular weight excluding hydrogens is 523 g/mol. The zero-order chi connectivity index (χ0) is 28.9. The number of piperidine rings is 1. The molecule has 3 amide bonds. The second-order valence-corrected chi connectivity index (χ2v) is 10.1. The molecule has 4 rings (SSSR count). The van der Waals surface area contributed by atoms with E-state index in [9.17, 15) is 28.0 Å². The molecule has 2 aliphatic heterocycles. The summed E-state index contributed by atoms with van der Waals surface area (Å²) in [7, 11) is 2.94. The summed E-state index contributed by atoms with van der Waals surface area (Å²) in [6, 6.07) is 10.3. The van der Waals surface area contributed by atoms with Crippen molar-refractivity contribution >= 4 is 11.9 Å². The number of nitrogens with one attached hydrogen (secondary N) is 2. The second-order valence-electron chi connectivity index (χ2n) is 10.1. The molecule has 2 aromatic rings. The molecule has 2 aromatic carbocycles. The Kier molecular flexibility index (Phi) is 9.12. The topological polar surface area (TPSA) is 97.7 Å². The number of urea groups is 1. The molecule has 1 fully saturated rings. The molecule has 2 aliphatic rings. The maximum atomic E-state index is 14.0. The number of hydrogen-bond donors (Lipinski definition) is 2. The summed E-state index contributed by atoms with van der Waals surface area (Å²) in [5.74, 6) is -2.90. The van der Waals surface area contributed by atoms with Gasteiger partial charge in [0.25, 0.3) is 5.91 Å². The molecule has 2 N–H and O–H groups in total. The molecule has 11 heteroatoms. The number of nitriles is 1. The highest BCUT2D eigenvalue weighted by atomic mass is 19.2. The SMILES string of the molecule is COCC1=C(C(=O)NCCCN2CCC(C#N)(c3ccc(F)cc3)CC2)C(c2ccc(F)c(F)c2)NC(=O)N1C. The van der Waals surface area contributed by atoms with Gasteiger partial charge in [0.05, 0.1) is 35.4 Å². The van der Waals surface area contributed by atoms with Gasteiger partial charge in [0.2, 0.25) is 0 Å². The minimum atomic E-state index is -1.08. The number of benzene rings is 2. The van der Waals surface area contributed by atoms with Crippen LogP contribution in [0, 0.1) is 28.8 Å². The molecule has 1 saturated heterocycles. The van der Waals surface area contributed by atoms with Crippen molar-refractivity contribution in [3.8, 4) is 6.07 Å². The summed E-state index contributed by atoms with van der Waals surface area (Å²) in [5, 5.41) is 15.5.